The molecule has 1 aromatic carbocycles. The maximum atomic E-state index is 13.3. The summed E-state index contributed by atoms with van der Waals surface area (Å²) in [6.45, 7) is 3.51. The average molecular weight is 248 g/mol. The van der Waals surface area contributed by atoms with Gasteiger partial charge in [0.2, 0.25) is 0 Å². The lowest BCUT2D eigenvalue weighted by molar-refractivity contribution is -0.144. The molecule has 1 aliphatic rings. The zero-order valence-electron chi connectivity index (χ0n) is 10.7. The second-order valence-corrected chi connectivity index (χ2v) is 4.56. The summed E-state index contributed by atoms with van der Waals surface area (Å²) >= 11 is 0. The van der Waals surface area contributed by atoms with Gasteiger partial charge in [-0.2, -0.15) is 0 Å². The minimum absolute atomic E-state index is 0.250. The van der Waals surface area contributed by atoms with Gasteiger partial charge in [-0.25, -0.2) is 4.39 Å². The number of fused-ring (bicyclic) bond motifs is 1. The number of ether oxygens (including phenoxy) is 1. The van der Waals surface area contributed by atoms with Crippen molar-refractivity contribution in [2.24, 2.45) is 0 Å². The Morgan fingerprint density at radius 2 is 2.22 bits per heavy atom. The van der Waals surface area contributed by atoms with Gasteiger partial charge in [-0.15, -0.1) is 0 Å². The molecule has 2 nitrogen and oxygen atoms in total. The maximum Gasteiger partial charge on any atom is 0.303 e. The van der Waals surface area contributed by atoms with E-state index in [2.05, 4.69) is 6.92 Å². The van der Waals surface area contributed by atoms with Gasteiger partial charge in [0, 0.05) is 12.5 Å². The Labute approximate surface area is 106 Å². The fraction of sp³-hybridized carbons (Fsp3) is 0.400. The molecule has 1 aliphatic carbocycles. The lowest BCUT2D eigenvalue weighted by Crippen LogP contribution is -2.04. The first-order chi connectivity index (χ1) is 8.61. The highest BCUT2D eigenvalue weighted by molar-refractivity contribution is 5.76. The summed E-state index contributed by atoms with van der Waals surface area (Å²) in [4.78, 5) is 11.1. The largest absolute Gasteiger partial charge is 0.453 e. The monoisotopic (exact) mass is 248 g/mol. The summed E-state index contributed by atoms with van der Waals surface area (Å²) in [6.07, 6.45) is 4.60. The van der Waals surface area contributed by atoms with Crippen molar-refractivity contribution in [2.45, 2.75) is 39.2 Å². The molecule has 0 spiro atoms. The quantitative estimate of drug-likeness (QED) is 0.752. The molecule has 18 heavy (non-hydrogen) atoms. The van der Waals surface area contributed by atoms with Gasteiger partial charge in [-0.1, -0.05) is 19.4 Å². The van der Waals surface area contributed by atoms with Gasteiger partial charge in [0.15, 0.2) is 0 Å². The number of rotatable bonds is 4. The Bertz CT molecular complexity index is 491. The summed E-state index contributed by atoms with van der Waals surface area (Å²) in [5.74, 6) is -0.567. The van der Waals surface area contributed by atoms with Gasteiger partial charge in [0.05, 0.1) is 0 Å². The Morgan fingerprint density at radius 3 is 2.89 bits per heavy atom. The maximum absolute atomic E-state index is 13.3. The number of halogens is 1. The number of benzene rings is 1. The third kappa shape index (κ3) is 2.61. The van der Waals surface area contributed by atoms with Gasteiger partial charge in [-0.05, 0) is 42.2 Å². The summed E-state index contributed by atoms with van der Waals surface area (Å²) in [5.41, 5.74) is 2.85. The number of carbonyl (C=O) groups excluding carboxylic acids is 1. The average Bonchev–Trinajstić information content (AvgIpc) is 2.63. The van der Waals surface area contributed by atoms with Gasteiger partial charge in [0.25, 0.3) is 0 Å². The van der Waals surface area contributed by atoms with E-state index in [4.69, 9.17) is 4.74 Å². The van der Waals surface area contributed by atoms with Crippen LogP contribution in [0.4, 0.5) is 4.39 Å². The second kappa shape index (κ2) is 5.34. The molecule has 0 amide bonds. The van der Waals surface area contributed by atoms with E-state index in [1.807, 2.05) is 6.08 Å². The minimum Gasteiger partial charge on any atom is -0.453 e. The number of carbonyl (C=O) groups is 1. The van der Waals surface area contributed by atoms with Crippen molar-refractivity contribution in [1.82, 2.24) is 0 Å². The van der Waals surface area contributed by atoms with Gasteiger partial charge in [0.1, 0.15) is 11.9 Å². The van der Waals surface area contributed by atoms with E-state index >= 15 is 0 Å². The zero-order valence-corrected chi connectivity index (χ0v) is 10.7. The zero-order chi connectivity index (χ0) is 13.1. The van der Waals surface area contributed by atoms with Gasteiger partial charge in [-0.3, -0.25) is 4.79 Å². The van der Waals surface area contributed by atoms with Crippen molar-refractivity contribution in [3.05, 3.63) is 41.2 Å². The highest BCUT2D eigenvalue weighted by atomic mass is 19.1. The number of unbranched alkanes of at least 4 members (excludes halogenated alkanes) is 1. The van der Waals surface area contributed by atoms with Crippen LogP contribution in [0, 0.1) is 5.82 Å². The molecule has 0 radical (unpaired) electrons. The van der Waals surface area contributed by atoms with Crippen LogP contribution in [0.5, 0.6) is 0 Å². The van der Waals surface area contributed by atoms with Crippen LogP contribution in [0.15, 0.2) is 24.3 Å². The number of hydrogen-bond acceptors (Lipinski definition) is 2. The Kier molecular flexibility index (Phi) is 3.80. The Hall–Kier alpha value is -1.64. The van der Waals surface area contributed by atoms with Crippen molar-refractivity contribution < 1.29 is 13.9 Å². The molecule has 0 aliphatic heterocycles. The molecule has 0 aromatic heterocycles. The fourth-order valence-electron chi connectivity index (χ4n) is 2.28. The van der Waals surface area contributed by atoms with Crippen LogP contribution in [-0.2, 0) is 9.53 Å². The molecule has 0 saturated carbocycles. The molecule has 0 N–H and O–H groups in total. The van der Waals surface area contributed by atoms with Crippen LogP contribution in [0.25, 0.3) is 5.57 Å². The molecule has 1 aromatic rings. The summed E-state index contributed by atoms with van der Waals surface area (Å²) < 4.78 is 18.6. The molecule has 3 heteroatoms. The third-order valence-electron chi connectivity index (χ3n) is 3.11. The van der Waals surface area contributed by atoms with Crippen molar-refractivity contribution in [2.75, 3.05) is 0 Å². The molecular weight excluding hydrogens is 231 g/mol. The number of hydrogen-bond donors (Lipinski definition) is 0. The summed E-state index contributed by atoms with van der Waals surface area (Å²) in [7, 11) is 0. The van der Waals surface area contributed by atoms with Gasteiger partial charge < -0.3 is 4.74 Å². The predicted molar refractivity (Wildman–Crippen MR) is 68.4 cm³/mol. The predicted octanol–water partition coefficient (Wildman–Crippen LogP) is 4.02. The van der Waals surface area contributed by atoms with Crippen molar-refractivity contribution in [3.63, 3.8) is 0 Å². The molecule has 0 bridgehead atoms. The van der Waals surface area contributed by atoms with Crippen LogP contribution in [-0.4, -0.2) is 5.97 Å². The first-order valence-corrected chi connectivity index (χ1v) is 6.29. The third-order valence-corrected chi connectivity index (χ3v) is 3.11. The van der Waals surface area contributed by atoms with Crippen molar-refractivity contribution in [3.8, 4) is 0 Å². The topological polar surface area (TPSA) is 26.3 Å². The summed E-state index contributed by atoms with van der Waals surface area (Å²) in [5, 5.41) is 0. The number of esters is 1. The Morgan fingerprint density at radius 1 is 1.44 bits per heavy atom. The minimum atomic E-state index is -0.357. The van der Waals surface area contributed by atoms with Gasteiger partial charge >= 0.3 is 5.97 Å². The second-order valence-electron chi connectivity index (χ2n) is 4.56. The molecule has 2 rings (SSSR count). The molecule has 0 heterocycles. The SMILES string of the molecule is CCCCC1=CC(OC(C)=O)c2ccc(F)cc21. The normalized spacial score (nSPS) is 17.3. The van der Waals surface area contributed by atoms with E-state index in [0.717, 1.165) is 36.0 Å². The fourth-order valence-corrected chi connectivity index (χ4v) is 2.28. The Balaban J connectivity index is 2.31. The van der Waals surface area contributed by atoms with E-state index in [1.54, 1.807) is 6.07 Å². The van der Waals surface area contributed by atoms with E-state index in [0.29, 0.717) is 0 Å². The van der Waals surface area contributed by atoms with Crippen molar-refractivity contribution in [1.29, 1.82) is 0 Å². The highest BCUT2D eigenvalue weighted by Crippen LogP contribution is 2.39. The van der Waals surface area contributed by atoms with E-state index in [-0.39, 0.29) is 17.9 Å². The first-order valence-electron chi connectivity index (χ1n) is 6.29. The molecule has 1 unspecified atom stereocenters. The van der Waals surface area contributed by atoms with Crippen LogP contribution < -0.4 is 0 Å². The summed E-state index contributed by atoms with van der Waals surface area (Å²) in [6, 6.07) is 4.64. The van der Waals surface area contributed by atoms with E-state index < -0.39 is 0 Å². The lowest BCUT2D eigenvalue weighted by Gasteiger charge is -2.10. The molecule has 96 valence electrons. The van der Waals surface area contributed by atoms with Crippen LogP contribution in [0.3, 0.4) is 0 Å². The van der Waals surface area contributed by atoms with Crippen LogP contribution in [0.1, 0.15) is 50.3 Å². The number of allylic oxidation sites excluding steroid dienone is 1. The van der Waals surface area contributed by atoms with Crippen LogP contribution >= 0.6 is 0 Å². The van der Waals surface area contributed by atoms with Crippen LogP contribution in [0.2, 0.25) is 0 Å². The first kappa shape index (κ1) is 12.8. The highest BCUT2D eigenvalue weighted by Gasteiger charge is 2.25. The molecular formula is C15H17FO2. The lowest BCUT2D eigenvalue weighted by atomic mass is 10.0. The smallest absolute Gasteiger partial charge is 0.303 e. The molecule has 0 fully saturated rings. The molecule has 1 atom stereocenters. The molecule has 0 saturated heterocycles. The van der Waals surface area contributed by atoms with E-state index in [1.165, 1.54) is 19.1 Å². The van der Waals surface area contributed by atoms with E-state index in [9.17, 15) is 9.18 Å². The van der Waals surface area contributed by atoms with Crippen molar-refractivity contribution >= 4 is 11.5 Å². The standard InChI is InChI=1S/C15H17FO2/c1-3-4-5-11-8-15(18-10(2)17)13-7-6-12(16)9-14(11)13/h6-9,15H,3-5H2,1-2H3.